The summed E-state index contributed by atoms with van der Waals surface area (Å²) in [4.78, 5) is 11.3. The molecule has 2 aliphatic rings. The van der Waals surface area contributed by atoms with E-state index < -0.39 is 0 Å². The maximum atomic E-state index is 6.01. The van der Waals surface area contributed by atoms with Crippen molar-refractivity contribution in [3.8, 4) is 17.1 Å². The number of nitrogens with zero attached hydrogens (tertiary/aromatic N) is 3. The zero-order valence-electron chi connectivity index (χ0n) is 13.6. The van der Waals surface area contributed by atoms with E-state index in [1.807, 2.05) is 43.6 Å². The average molecular weight is 309 g/mol. The molecule has 0 radical (unpaired) electrons. The van der Waals surface area contributed by atoms with Crippen LogP contribution in [0.5, 0.6) is 5.75 Å². The lowest BCUT2D eigenvalue weighted by atomic mass is 9.92. The largest absolute Gasteiger partial charge is 0.493 e. The van der Waals surface area contributed by atoms with Crippen molar-refractivity contribution in [3.05, 3.63) is 42.2 Å². The molecule has 4 rings (SSSR count). The lowest BCUT2D eigenvalue weighted by Crippen LogP contribution is -2.35. The summed E-state index contributed by atoms with van der Waals surface area (Å²) in [5.41, 5.74) is 2.10. The SMILES string of the molecule is Cc1cnc(-c2ccc(OCC3CC4CCN(C4)C3)cc2)nc1. The minimum atomic E-state index is 0.677. The van der Waals surface area contributed by atoms with Crippen molar-refractivity contribution in [2.24, 2.45) is 11.8 Å². The van der Waals surface area contributed by atoms with E-state index >= 15 is 0 Å². The van der Waals surface area contributed by atoms with E-state index in [0.717, 1.165) is 35.2 Å². The van der Waals surface area contributed by atoms with Gasteiger partial charge in [-0.2, -0.15) is 0 Å². The van der Waals surface area contributed by atoms with E-state index in [4.69, 9.17) is 4.74 Å². The first-order valence-corrected chi connectivity index (χ1v) is 8.50. The molecule has 1 aromatic carbocycles. The second-order valence-electron chi connectivity index (χ2n) is 6.94. The number of piperidine rings is 1. The molecule has 0 N–H and O–H groups in total. The average Bonchev–Trinajstić information content (AvgIpc) is 2.93. The summed E-state index contributed by atoms with van der Waals surface area (Å²) in [6.07, 6.45) is 6.40. The van der Waals surface area contributed by atoms with Crippen molar-refractivity contribution < 1.29 is 4.74 Å². The van der Waals surface area contributed by atoms with Crippen LogP contribution in [0.2, 0.25) is 0 Å². The van der Waals surface area contributed by atoms with Gasteiger partial charge in [-0.1, -0.05) is 0 Å². The maximum absolute atomic E-state index is 6.01. The number of aryl methyl sites for hydroxylation is 1. The lowest BCUT2D eigenvalue weighted by molar-refractivity contribution is 0.144. The molecule has 23 heavy (non-hydrogen) atoms. The summed E-state index contributed by atoms with van der Waals surface area (Å²) in [7, 11) is 0. The highest BCUT2D eigenvalue weighted by molar-refractivity contribution is 5.55. The third-order valence-electron chi connectivity index (χ3n) is 4.93. The summed E-state index contributed by atoms with van der Waals surface area (Å²) < 4.78 is 6.01. The Morgan fingerprint density at radius 2 is 1.91 bits per heavy atom. The van der Waals surface area contributed by atoms with Gasteiger partial charge in [0.1, 0.15) is 5.75 Å². The summed E-state index contributed by atoms with van der Waals surface area (Å²) in [5, 5.41) is 0. The van der Waals surface area contributed by atoms with Crippen LogP contribution < -0.4 is 4.74 Å². The second kappa shape index (κ2) is 6.28. The molecule has 1 aromatic heterocycles. The van der Waals surface area contributed by atoms with Gasteiger partial charge in [0, 0.05) is 37.0 Å². The number of fused-ring (bicyclic) bond motifs is 2. The number of benzene rings is 1. The Morgan fingerprint density at radius 1 is 1.13 bits per heavy atom. The molecule has 2 bridgehead atoms. The number of hydrogen-bond acceptors (Lipinski definition) is 4. The van der Waals surface area contributed by atoms with Crippen LogP contribution in [-0.2, 0) is 0 Å². The third kappa shape index (κ3) is 3.37. The summed E-state index contributed by atoms with van der Waals surface area (Å²) in [5.74, 6) is 3.28. The van der Waals surface area contributed by atoms with Gasteiger partial charge >= 0.3 is 0 Å². The molecule has 0 saturated carbocycles. The van der Waals surface area contributed by atoms with Crippen molar-refractivity contribution in [1.82, 2.24) is 14.9 Å². The van der Waals surface area contributed by atoms with Crippen LogP contribution in [0.15, 0.2) is 36.7 Å². The Morgan fingerprint density at radius 3 is 2.65 bits per heavy atom. The molecule has 120 valence electrons. The van der Waals surface area contributed by atoms with Crippen LogP contribution in [0.25, 0.3) is 11.4 Å². The highest BCUT2D eigenvalue weighted by Crippen LogP contribution is 2.30. The first kappa shape index (κ1) is 14.6. The van der Waals surface area contributed by atoms with Crippen LogP contribution in [0, 0.1) is 18.8 Å². The first-order chi connectivity index (χ1) is 11.3. The molecule has 2 fully saturated rings. The highest BCUT2D eigenvalue weighted by Gasteiger charge is 2.32. The number of aromatic nitrogens is 2. The van der Waals surface area contributed by atoms with E-state index in [9.17, 15) is 0 Å². The Kier molecular flexibility index (Phi) is 4.00. The summed E-state index contributed by atoms with van der Waals surface area (Å²) >= 11 is 0. The number of hydrogen-bond donors (Lipinski definition) is 0. The van der Waals surface area contributed by atoms with E-state index in [2.05, 4.69) is 14.9 Å². The maximum Gasteiger partial charge on any atom is 0.159 e. The van der Waals surface area contributed by atoms with Crippen molar-refractivity contribution in [1.29, 1.82) is 0 Å². The van der Waals surface area contributed by atoms with Crippen LogP contribution in [0.1, 0.15) is 18.4 Å². The molecule has 2 aromatic rings. The van der Waals surface area contributed by atoms with E-state index in [1.54, 1.807) is 0 Å². The fourth-order valence-electron chi connectivity index (χ4n) is 3.76. The topological polar surface area (TPSA) is 38.2 Å². The Bertz CT molecular complexity index is 641. The van der Waals surface area contributed by atoms with Gasteiger partial charge < -0.3 is 9.64 Å². The van der Waals surface area contributed by atoms with E-state index in [0.29, 0.717) is 5.92 Å². The predicted molar refractivity (Wildman–Crippen MR) is 90.4 cm³/mol. The Balaban J connectivity index is 1.36. The van der Waals surface area contributed by atoms with Crippen molar-refractivity contribution in [3.63, 3.8) is 0 Å². The minimum absolute atomic E-state index is 0.677. The quantitative estimate of drug-likeness (QED) is 0.869. The van der Waals surface area contributed by atoms with E-state index in [-0.39, 0.29) is 0 Å². The summed E-state index contributed by atoms with van der Waals surface area (Å²) in [6.45, 7) is 6.61. The molecule has 2 aliphatic heterocycles. The molecule has 3 unspecified atom stereocenters. The van der Waals surface area contributed by atoms with Gasteiger partial charge in [0.25, 0.3) is 0 Å². The molecule has 3 atom stereocenters. The molecule has 4 nitrogen and oxygen atoms in total. The Labute approximate surface area is 137 Å². The Hall–Kier alpha value is -1.94. The number of ether oxygens (including phenoxy) is 1. The van der Waals surface area contributed by atoms with Gasteiger partial charge in [0.2, 0.25) is 0 Å². The fraction of sp³-hybridized carbons (Fsp3) is 0.474. The van der Waals surface area contributed by atoms with Gasteiger partial charge in [0.05, 0.1) is 6.61 Å². The van der Waals surface area contributed by atoms with Gasteiger partial charge in [-0.05, 0) is 62.1 Å². The second-order valence-corrected chi connectivity index (χ2v) is 6.94. The van der Waals surface area contributed by atoms with E-state index in [1.165, 1.54) is 32.5 Å². The van der Waals surface area contributed by atoms with Crippen molar-refractivity contribution in [2.75, 3.05) is 26.2 Å². The molecule has 0 spiro atoms. The molecular weight excluding hydrogens is 286 g/mol. The van der Waals surface area contributed by atoms with Crippen LogP contribution in [-0.4, -0.2) is 41.1 Å². The normalized spacial score (nSPS) is 26.2. The van der Waals surface area contributed by atoms with Gasteiger partial charge in [-0.15, -0.1) is 0 Å². The van der Waals surface area contributed by atoms with Crippen molar-refractivity contribution >= 4 is 0 Å². The first-order valence-electron chi connectivity index (χ1n) is 8.50. The monoisotopic (exact) mass is 309 g/mol. The number of rotatable bonds is 4. The molecule has 2 saturated heterocycles. The third-order valence-corrected chi connectivity index (χ3v) is 4.93. The molecule has 0 aliphatic carbocycles. The minimum Gasteiger partial charge on any atom is -0.493 e. The smallest absolute Gasteiger partial charge is 0.159 e. The van der Waals surface area contributed by atoms with Crippen LogP contribution in [0.3, 0.4) is 0 Å². The van der Waals surface area contributed by atoms with Gasteiger partial charge in [-0.25, -0.2) is 9.97 Å². The highest BCUT2D eigenvalue weighted by atomic mass is 16.5. The zero-order valence-corrected chi connectivity index (χ0v) is 13.6. The van der Waals surface area contributed by atoms with Crippen LogP contribution >= 0.6 is 0 Å². The van der Waals surface area contributed by atoms with Gasteiger partial charge in [-0.3, -0.25) is 0 Å². The fourth-order valence-corrected chi connectivity index (χ4v) is 3.76. The zero-order chi connectivity index (χ0) is 15.6. The predicted octanol–water partition coefficient (Wildman–Crippen LogP) is 3.17. The standard InChI is InChI=1S/C19H23N3O/c1-14-9-20-19(21-10-14)17-2-4-18(5-3-17)23-13-16-8-15-6-7-22(11-15)12-16/h2-5,9-10,15-16H,6-8,11-13H2,1H3. The molecule has 3 heterocycles. The van der Waals surface area contributed by atoms with Crippen molar-refractivity contribution in [2.45, 2.75) is 19.8 Å². The van der Waals surface area contributed by atoms with Crippen LogP contribution in [0.4, 0.5) is 0 Å². The molecule has 0 amide bonds. The summed E-state index contributed by atoms with van der Waals surface area (Å²) in [6, 6.07) is 8.12. The molecule has 4 heteroatoms. The van der Waals surface area contributed by atoms with Gasteiger partial charge in [0.15, 0.2) is 5.82 Å². The molecular formula is C19H23N3O. The lowest BCUT2D eigenvalue weighted by Gasteiger charge is -2.29.